The minimum absolute atomic E-state index is 0.0536. The van der Waals surface area contributed by atoms with Gasteiger partial charge in [0.25, 0.3) is 0 Å². The average molecular weight is 260 g/mol. The molecule has 0 radical (unpaired) electrons. The van der Waals surface area contributed by atoms with Crippen molar-refractivity contribution in [2.24, 2.45) is 0 Å². The fraction of sp³-hybridized carbons (Fsp3) is 0.455. The summed E-state index contributed by atoms with van der Waals surface area (Å²) in [6.45, 7) is 3.37. The molecule has 0 spiro atoms. The number of aliphatic hydroxyl groups is 1. The van der Waals surface area contributed by atoms with Crippen LogP contribution < -0.4 is 0 Å². The fourth-order valence-electron chi connectivity index (χ4n) is 1.36. The van der Waals surface area contributed by atoms with Crippen molar-refractivity contribution in [2.75, 3.05) is 13.2 Å². The molecule has 96 valence electrons. The molecule has 1 rings (SSSR count). The lowest BCUT2D eigenvalue weighted by atomic mass is 10.1. The van der Waals surface area contributed by atoms with Gasteiger partial charge in [-0.25, -0.2) is 4.89 Å². The van der Waals surface area contributed by atoms with Gasteiger partial charge in [0.2, 0.25) is 0 Å². The normalized spacial score (nSPS) is 11.7. The number of benzene rings is 1. The molecular formula is C11H16O5S. The van der Waals surface area contributed by atoms with Crippen molar-refractivity contribution >= 4 is 10.1 Å². The van der Waals surface area contributed by atoms with Crippen LogP contribution in [-0.4, -0.2) is 26.7 Å². The van der Waals surface area contributed by atoms with E-state index < -0.39 is 10.1 Å². The largest absolute Gasteiger partial charge is 0.394 e. The summed E-state index contributed by atoms with van der Waals surface area (Å²) in [6.07, 6.45) is 0.743. The van der Waals surface area contributed by atoms with Crippen LogP contribution in [0, 0.1) is 6.92 Å². The monoisotopic (exact) mass is 260 g/mol. The second kappa shape index (κ2) is 6.11. The summed E-state index contributed by atoms with van der Waals surface area (Å²) in [7, 11) is -3.92. The van der Waals surface area contributed by atoms with E-state index >= 15 is 0 Å². The van der Waals surface area contributed by atoms with Gasteiger partial charge in [-0.05, 0) is 36.6 Å². The Labute approximate surface area is 101 Å². The van der Waals surface area contributed by atoms with Crippen LogP contribution in [0.3, 0.4) is 0 Å². The highest BCUT2D eigenvalue weighted by molar-refractivity contribution is 7.86. The molecule has 17 heavy (non-hydrogen) atoms. The maximum atomic E-state index is 11.7. The first-order chi connectivity index (χ1) is 8.01. The quantitative estimate of drug-likeness (QED) is 0.472. The van der Waals surface area contributed by atoms with Crippen LogP contribution in [0.4, 0.5) is 0 Å². The fourth-order valence-corrected chi connectivity index (χ4v) is 2.15. The maximum absolute atomic E-state index is 11.7. The zero-order valence-corrected chi connectivity index (χ0v) is 10.7. The summed E-state index contributed by atoms with van der Waals surface area (Å²) in [4.78, 5) is 4.42. The molecule has 0 atom stereocenters. The Bertz CT molecular complexity index is 467. The number of rotatable bonds is 6. The van der Waals surface area contributed by atoms with E-state index in [2.05, 4.69) is 9.22 Å². The molecule has 0 bridgehead atoms. The predicted molar refractivity (Wildman–Crippen MR) is 61.9 cm³/mol. The minimum atomic E-state index is -3.92. The maximum Gasteiger partial charge on any atom is 0.323 e. The van der Waals surface area contributed by atoms with E-state index in [0.717, 1.165) is 17.5 Å². The highest BCUT2D eigenvalue weighted by Gasteiger charge is 2.17. The van der Waals surface area contributed by atoms with Crippen molar-refractivity contribution in [3.8, 4) is 0 Å². The Balaban J connectivity index is 2.91. The van der Waals surface area contributed by atoms with Gasteiger partial charge < -0.3 is 5.11 Å². The lowest BCUT2D eigenvalue weighted by Crippen LogP contribution is -2.10. The molecule has 0 heterocycles. The average Bonchev–Trinajstić information content (AvgIpc) is 2.29. The van der Waals surface area contributed by atoms with Crippen molar-refractivity contribution in [1.29, 1.82) is 0 Å². The summed E-state index contributed by atoms with van der Waals surface area (Å²) in [6, 6.07) is 4.75. The minimum Gasteiger partial charge on any atom is -0.394 e. The van der Waals surface area contributed by atoms with E-state index in [1.165, 1.54) is 6.07 Å². The standard InChI is InChI=1S/C11H16O5S/c1-3-10-8-11(5-4-9(10)2)17(13,14)16-15-7-6-12/h4-5,8,12H,3,6-7H2,1-2H3. The molecule has 0 aliphatic rings. The predicted octanol–water partition coefficient (Wildman–Crippen LogP) is 1.19. The van der Waals surface area contributed by atoms with Gasteiger partial charge in [-0.3, -0.25) is 0 Å². The third-order valence-corrected chi connectivity index (χ3v) is 3.41. The second-order valence-electron chi connectivity index (χ2n) is 3.51. The SMILES string of the molecule is CCc1cc(S(=O)(=O)OOCCO)ccc1C. The molecule has 0 aromatic heterocycles. The molecule has 0 fully saturated rings. The molecular weight excluding hydrogens is 244 g/mol. The molecule has 0 amide bonds. The zero-order valence-electron chi connectivity index (χ0n) is 9.84. The lowest BCUT2D eigenvalue weighted by Gasteiger charge is -2.07. The van der Waals surface area contributed by atoms with Crippen molar-refractivity contribution in [1.82, 2.24) is 0 Å². The van der Waals surface area contributed by atoms with Crippen LogP contribution in [0.15, 0.2) is 23.1 Å². The molecule has 1 aromatic carbocycles. The van der Waals surface area contributed by atoms with Crippen LogP contribution in [0.5, 0.6) is 0 Å². The first-order valence-corrected chi connectivity index (χ1v) is 6.68. The third kappa shape index (κ3) is 3.78. The van der Waals surface area contributed by atoms with E-state index in [4.69, 9.17) is 5.11 Å². The molecule has 6 heteroatoms. The lowest BCUT2D eigenvalue weighted by molar-refractivity contribution is -0.207. The van der Waals surface area contributed by atoms with Crippen LogP contribution in [-0.2, 0) is 25.8 Å². The van der Waals surface area contributed by atoms with Gasteiger partial charge >= 0.3 is 10.1 Å². The smallest absolute Gasteiger partial charge is 0.323 e. The van der Waals surface area contributed by atoms with Crippen LogP contribution in [0.25, 0.3) is 0 Å². The van der Waals surface area contributed by atoms with Gasteiger partial charge in [0.15, 0.2) is 0 Å². The van der Waals surface area contributed by atoms with Gasteiger partial charge in [-0.1, -0.05) is 13.0 Å². The number of hydrogen-bond donors (Lipinski definition) is 1. The molecule has 1 N–H and O–H groups in total. The van der Waals surface area contributed by atoms with Crippen LogP contribution >= 0.6 is 0 Å². The summed E-state index contributed by atoms with van der Waals surface area (Å²) in [5, 5.41) is 8.45. The molecule has 0 aliphatic carbocycles. The highest BCUT2D eigenvalue weighted by atomic mass is 32.2. The molecule has 0 unspecified atom stereocenters. The molecule has 0 saturated carbocycles. The topological polar surface area (TPSA) is 72.8 Å². The van der Waals surface area contributed by atoms with Gasteiger partial charge in [0, 0.05) is 0 Å². The summed E-state index contributed by atoms with van der Waals surface area (Å²) >= 11 is 0. The number of hydrogen-bond acceptors (Lipinski definition) is 5. The number of aryl methyl sites for hydroxylation is 2. The van der Waals surface area contributed by atoms with Crippen LogP contribution in [0.1, 0.15) is 18.1 Å². The summed E-state index contributed by atoms with van der Waals surface area (Å²) in [5.74, 6) is 0. The van der Waals surface area contributed by atoms with Crippen molar-refractivity contribution < 1.29 is 22.7 Å². The van der Waals surface area contributed by atoms with Gasteiger partial charge in [-0.15, -0.1) is 4.33 Å². The Hall–Kier alpha value is -0.950. The van der Waals surface area contributed by atoms with Crippen molar-refractivity contribution in [3.05, 3.63) is 29.3 Å². The van der Waals surface area contributed by atoms with E-state index in [1.54, 1.807) is 12.1 Å². The van der Waals surface area contributed by atoms with E-state index in [1.807, 2.05) is 13.8 Å². The van der Waals surface area contributed by atoms with E-state index in [0.29, 0.717) is 0 Å². The molecule has 5 nitrogen and oxygen atoms in total. The Morgan fingerprint density at radius 3 is 2.65 bits per heavy atom. The van der Waals surface area contributed by atoms with Gasteiger partial charge in [0.1, 0.15) is 6.61 Å². The molecule has 0 saturated heterocycles. The second-order valence-corrected chi connectivity index (χ2v) is 5.03. The van der Waals surface area contributed by atoms with Crippen molar-refractivity contribution in [3.63, 3.8) is 0 Å². The van der Waals surface area contributed by atoms with E-state index in [-0.39, 0.29) is 18.1 Å². The molecule has 1 aromatic rings. The first kappa shape index (κ1) is 14.1. The first-order valence-electron chi connectivity index (χ1n) is 5.27. The van der Waals surface area contributed by atoms with Gasteiger partial charge in [0.05, 0.1) is 11.5 Å². The summed E-state index contributed by atoms with van der Waals surface area (Å²) in [5.41, 5.74) is 1.97. The Morgan fingerprint density at radius 2 is 2.06 bits per heavy atom. The third-order valence-electron chi connectivity index (χ3n) is 2.30. The Kier molecular flexibility index (Phi) is 5.07. The van der Waals surface area contributed by atoms with Crippen LogP contribution in [0.2, 0.25) is 0 Å². The van der Waals surface area contributed by atoms with E-state index in [9.17, 15) is 8.42 Å². The Morgan fingerprint density at radius 1 is 1.35 bits per heavy atom. The zero-order chi connectivity index (χ0) is 12.9. The van der Waals surface area contributed by atoms with Gasteiger partial charge in [-0.2, -0.15) is 8.42 Å². The summed E-state index contributed by atoms with van der Waals surface area (Å²) < 4.78 is 27.6. The molecule has 0 aliphatic heterocycles. The highest BCUT2D eigenvalue weighted by Crippen LogP contribution is 2.18. The van der Waals surface area contributed by atoms with Crippen molar-refractivity contribution in [2.45, 2.75) is 25.2 Å². The number of aliphatic hydroxyl groups excluding tert-OH is 1.